The Labute approximate surface area is 87.1 Å². The van der Waals surface area contributed by atoms with Crippen molar-refractivity contribution in [2.24, 2.45) is 0 Å². The van der Waals surface area contributed by atoms with Crippen LogP contribution in [0.5, 0.6) is 0 Å². The molecule has 0 radical (unpaired) electrons. The monoisotopic (exact) mass is 243 g/mol. The molecule has 13 heavy (non-hydrogen) atoms. The molecule has 0 spiro atoms. The Morgan fingerprint density at radius 1 is 1.54 bits per heavy atom. The molecule has 0 amide bonds. The molecule has 1 aromatic carbocycles. The zero-order valence-electron chi connectivity index (χ0n) is 7.63. The summed E-state index contributed by atoms with van der Waals surface area (Å²) in [5, 5.41) is 12.2. The van der Waals surface area contributed by atoms with Gasteiger partial charge in [-0.15, -0.1) is 0 Å². The molecule has 2 N–H and O–H groups in total. The normalized spacial score (nSPS) is 12.8. The average molecular weight is 244 g/mol. The van der Waals surface area contributed by atoms with Gasteiger partial charge in [-0.1, -0.05) is 28.1 Å². The molecule has 0 saturated carbocycles. The topological polar surface area (TPSA) is 32.3 Å². The summed E-state index contributed by atoms with van der Waals surface area (Å²) in [6.07, 6.45) is 0. The van der Waals surface area contributed by atoms with E-state index in [2.05, 4.69) is 21.2 Å². The van der Waals surface area contributed by atoms with Crippen LogP contribution >= 0.6 is 15.9 Å². The second kappa shape index (κ2) is 5.37. The lowest BCUT2D eigenvalue weighted by Gasteiger charge is -2.13. The van der Waals surface area contributed by atoms with E-state index in [4.69, 9.17) is 5.11 Å². The van der Waals surface area contributed by atoms with Gasteiger partial charge in [-0.2, -0.15) is 0 Å². The van der Waals surface area contributed by atoms with E-state index in [0.717, 1.165) is 16.6 Å². The minimum Gasteiger partial charge on any atom is -0.396 e. The lowest BCUT2D eigenvalue weighted by Crippen LogP contribution is -2.19. The molecule has 1 unspecified atom stereocenters. The van der Waals surface area contributed by atoms with Crippen LogP contribution < -0.4 is 5.32 Å². The Morgan fingerprint density at radius 3 is 2.85 bits per heavy atom. The average Bonchev–Trinajstić information content (AvgIpc) is 2.14. The summed E-state index contributed by atoms with van der Waals surface area (Å²) in [4.78, 5) is 0. The molecule has 1 aromatic rings. The SMILES string of the molecule is CNCC(CO)c1cccc(Br)c1. The minimum absolute atomic E-state index is 0.178. The smallest absolute Gasteiger partial charge is 0.0511 e. The predicted octanol–water partition coefficient (Wildman–Crippen LogP) is 1.74. The summed E-state index contributed by atoms with van der Waals surface area (Å²) >= 11 is 3.41. The Kier molecular flexibility index (Phi) is 4.42. The molecule has 0 aliphatic rings. The molecule has 0 aromatic heterocycles. The first-order chi connectivity index (χ1) is 6.27. The first kappa shape index (κ1) is 10.7. The van der Waals surface area contributed by atoms with Gasteiger partial charge in [-0.3, -0.25) is 0 Å². The van der Waals surface area contributed by atoms with Crippen LogP contribution in [0.3, 0.4) is 0 Å². The van der Waals surface area contributed by atoms with Crippen molar-refractivity contribution in [2.75, 3.05) is 20.2 Å². The zero-order valence-corrected chi connectivity index (χ0v) is 9.21. The summed E-state index contributed by atoms with van der Waals surface area (Å²) in [6.45, 7) is 0.976. The van der Waals surface area contributed by atoms with Crippen molar-refractivity contribution in [2.45, 2.75) is 5.92 Å². The van der Waals surface area contributed by atoms with E-state index in [-0.39, 0.29) is 12.5 Å². The molecule has 0 heterocycles. The highest BCUT2D eigenvalue weighted by Crippen LogP contribution is 2.18. The van der Waals surface area contributed by atoms with Gasteiger partial charge in [0.25, 0.3) is 0 Å². The van der Waals surface area contributed by atoms with Gasteiger partial charge in [0.05, 0.1) is 6.61 Å². The molecule has 72 valence electrons. The van der Waals surface area contributed by atoms with Crippen LogP contribution in [-0.4, -0.2) is 25.3 Å². The predicted molar refractivity (Wildman–Crippen MR) is 57.9 cm³/mol. The summed E-state index contributed by atoms with van der Waals surface area (Å²) < 4.78 is 1.06. The molecule has 0 bridgehead atoms. The standard InChI is InChI=1S/C10H14BrNO/c1-12-6-9(7-13)8-3-2-4-10(11)5-8/h2-5,9,12-13H,6-7H2,1H3. The Morgan fingerprint density at radius 2 is 2.31 bits per heavy atom. The summed E-state index contributed by atoms with van der Waals surface area (Å²) in [6, 6.07) is 8.04. The first-order valence-electron chi connectivity index (χ1n) is 4.29. The maximum Gasteiger partial charge on any atom is 0.0511 e. The van der Waals surface area contributed by atoms with Gasteiger partial charge in [0.15, 0.2) is 0 Å². The van der Waals surface area contributed by atoms with Gasteiger partial charge < -0.3 is 10.4 Å². The van der Waals surface area contributed by atoms with Crippen molar-refractivity contribution in [1.82, 2.24) is 5.32 Å². The van der Waals surface area contributed by atoms with Crippen molar-refractivity contribution < 1.29 is 5.11 Å². The van der Waals surface area contributed by atoms with E-state index >= 15 is 0 Å². The minimum atomic E-state index is 0.178. The van der Waals surface area contributed by atoms with Crippen molar-refractivity contribution >= 4 is 15.9 Å². The summed E-state index contributed by atoms with van der Waals surface area (Å²) in [5.41, 5.74) is 1.16. The number of aliphatic hydroxyl groups is 1. The fraction of sp³-hybridized carbons (Fsp3) is 0.400. The van der Waals surface area contributed by atoms with Crippen LogP contribution in [0.25, 0.3) is 0 Å². The molecular weight excluding hydrogens is 230 g/mol. The number of aliphatic hydroxyl groups excluding tert-OH is 1. The maximum absolute atomic E-state index is 9.15. The number of hydrogen-bond acceptors (Lipinski definition) is 2. The lowest BCUT2D eigenvalue weighted by atomic mass is 10.0. The van der Waals surface area contributed by atoms with Crippen molar-refractivity contribution in [3.8, 4) is 0 Å². The third-order valence-electron chi connectivity index (χ3n) is 1.99. The third kappa shape index (κ3) is 3.10. The van der Waals surface area contributed by atoms with E-state index in [1.54, 1.807) is 0 Å². The van der Waals surface area contributed by atoms with Crippen LogP contribution in [0, 0.1) is 0 Å². The van der Waals surface area contributed by atoms with Gasteiger partial charge in [0.2, 0.25) is 0 Å². The van der Waals surface area contributed by atoms with Gasteiger partial charge >= 0.3 is 0 Å². The fourth-order valence-corrected chi connectivity index (χ4v) is 1.71. The van der Waals surface area contributed by atoms with Crippen LogP contribution in [-0.2, 0) is 0 Å². The highest BCUT2D eigenvalue weighted by atomic mass is 79.9. The molecule has 0 aliphatic heterocycles. The van der Waals surface area contributed by atoms with Gasteiger partial charge in [-0.05, 0) is 24.7 Å². The van der Waals surface area contributed by atoms with E-state index in [0.29, 0.717) is 0 Å². The second-order valence-corrected chi connectivity index (χ2v) is 3.91. The van der Waals surface area contributed by atoms with Crippen molar-refractivity contribution in [3.05, 3.63) is 34.3 Å². The summed E-state index contributed by atoms with van der Waals surface area (Å²) in [5.74, 6) is 0.183. The van der Waals surface area contributed by atoms with E-state index in [1.165, 1.54) is 0 Å². The first-order valence-corrected chi connectivity index (χ1v) is 5.08. The molecule has 3 heteroatoms. The molecule has 1 atom stereocenters. The van der Waals surface area contributed by atoms with Crippen molar-refractivity contribution in [3.63, 3.8) is 0 Å². The highest BCUT2D eigenvalue weighted by Gasteiger charge is 2.08. The quantitative estimate of drug-likeness (QED) is 0.845. The number of hydrogen-bond donors (Lipinski definition) is 2. The summed E-state index contributed by atoms with van der Waals surface area (Å²) in [7, 11) is 1.89. The van der Waals surface area contributed by atoms with Crippen LogP contribution in [0.1, 0.15) is 11.5 Å². The van der Waals surface area contributed by atoms with E-state index in [9.17, 15) is 0 Å². The number of nitrogens with one attached hydrogen (secondary N) is 1. The van der Waals surface area contributed by atoms with Gasteiger partial charge in [0.1, 0.15) is 0 Å². The van der Waals surface area contributed by atoms with Crippen LogP contribution in [0.2, 0.25) is 0 Å². The third-order valence-corrected chi connectivity index (χ3v) is 2.48. The Hall–Kier alpha value is -0.380. The van der Waals surface area contributed by atoms with Gasteiger partial charge in [0, 0.05) is 16.9 Å². The maximum atomic E-state index is 9.15. The van der Waals surface area contributed by atoms with E-state index < -0.39 is 0 Å². The largest absolute Gasteiger partial charge is 0.396 e. The number of halogens is 1. The van der Waals surface area contributed by atoms with Gasteiger partial charge in [-0.25, -0.2) is 0 Å². The Balaban J connectivity index is 2.78. The van der Waals surface area contributed by atoms with Crippen LogP contribution in [0.4, 0.5) is 0 Å². The molecule has 2 nitrogen and oxygen atoms in total. The second-order valence-electron chi connectivity index (χ2n) is 2.99. The number of benzene rings is 1. The molecular formula is C10H14BrNO. The van der Waals surface area contributed by atoms with E-state index in [1.807, 2.05) is 31.3 Å². The van der Waals surface area contributed by atoms with Crippen molar-refractivity contribution in [1.29, 1.82) is 0 Å². The van der Waals surface area contributed by atoms with Crippen LogP contribution in [0.15, 0.2) is 28.7 Å². The highest BCUT2D eigenvalue weighted by molar-refractivity contribution is 9.10. The Bertz CT molecular complexity index is 265. The zero-order chi connectivity index (χ0) is 9.68. The molecule has 1 rings (SSSR count). The lowest BCUT2D eigenvalue weighted by molar-refractivity contribution is 0.263. The molecule has 0 aliphatic carbocycles. The fourth-order valence-electron chi connectivity index (χ4n) is 1.29. The molecule has 0 fully saturated rings. The number of likely N-dealkylation sites (N-methyl/N-ethyl adjacent to an activating group) is 1. The number of rotatable bonds is 4. The molecule has 0 saturated heterocycles.